The second-order valence-corrected chi connectivity index (χ2v) is 16.6. The van der Waals surface area contributed by atoms with E-state index in [0.29, 0.717) is 17.5 Å². The van der Waals surface area contributed by atoms with E-state index in [4.69, 9.17) is 23.8 Å². The molecule has 0 unspecified atom stereocenters. The number of furan rings is 2. The van der Waals surface area contributed by atoms with Gasteiger partial charge in [0, 0.05) is 38.2 Å². The number of benzene rings is 9. The molecule has 14 rings (SSSR count). The van der Waals surface area contributed by atoms with E-state index in [0.717, 1.165) is 66.1 Å². The van der Waals surface area contributed by atoms with Gasteiger partial charge in [-0.3, -0.25) is 0 Å². The van der Waals surface area contributed by atoms with Crippen LogP contribution in [0.4, 0.5) is 0 Å². The third-order valence-electron chi connectivity index (χ3n) is 13.4. The molecular weight excluding hydrogens is 771 g/mol. The lowest BCUT2D eigenvalue weighted by Crippen LogP contribution is -2.29. The number of rotatable bonds is 3. The molecule has 0 aliphatic heterocycles. The fourth-order valence-electron chi connectivity index (χ4n) is 10.8. The maximum Gasteiger partial charge on any atom is 0.164 e. The molecule has 5 nitrogen and oxygen atoms in total. The maximum absolute atomic E-state index is 6.36. The van der Waals surface area contributed by atoms with Crippen molar-refractivity contribution in [1.29, 1.82) is 0 Å². The Bertz CT molecular complexity index is 3830. The maximum atomic E-state index is 6.36. The molecule has 63 heavy (non-hydrogen) atoms. The van der Waals surface area contributed by atoms with Crippen LogP contribution >= 0.6 is 0 Å². The van der Waals surface area contributed by atoms with E-state index < -0.39 is 5.41 Å². The van der Waals surface area contributed by atoms with E-state index in [2.05, 4.69) is 140 Å². The van der Waals surface area contributed by atoms with Crippen molar-refractivity contribution in [3.8, 4) is 67.5 Å². The van der Waals surface area contributed by atoms with Crippen LogP contribution in [-0.2, 0) is 5.41 Å². The first kappa shape index (κ1) is 34.3. The predicted molar refractivity (Wildman–Crippen MR) is 252 cm³/mol. The molecule has 0 amide bonds. The molecule has 2 aliphatic carbocycles. The summed E-state index contributed by atoms with van der Waals surface area (Å²) in [6.07, 6.45) is 0. The first-order chi connectivity index (χ1) is 31.2. The first-order valence-corrected chi connectivity index (χ1v) is 21.3. The molecule has 0 saturated carbocycles. The Morgan fingerprint density at radius 1 is 0.286 bits per heavy atom. The minimum absolute atomic E-state index is 0.575. The average molecular weight is 804 g/mol. The SMILES string of the molecule is c1ccc2c(c1)-c1ccccc1C1(c3ccccc3-2)c2ccccc2-c2cc(-c3nc(-c4ccc5oc6ccccc6c5c4)nc(-c4cccc5oc6ccccc6c45)n3)ccc21. The molecule has 9 aromatic carbocycles. The summed E-state index contributed by atoms with van der Waals surface area (Å²) >= 11 is 0. The van der Waals surface area contributed by atoms with Crippen LogP contribution in [0.15, 0.2) is 209 Å². The Labute approximate surface area is 361 Å². The van der Waals surface area contributed by atoms with Gasteiger partial charge < -0.3 is 8.83 Å². The summed E-state index contributed by atoms with van der Waals surface area (Å²) in [5.74, 6) is 1.74. The van der Waals surface area contributed by atoms with Gasteiger partial charge in [-0.1, -0.05) is 158 Å². The largest absolute Gasteiger partial charge is 0.456 e. The Balaban J connectivity index is 1.03. The van der Waals surface area contributed by atoms with Gasteiger partial charge in [0.2, 0.25) is 0 Å². The highest BCUT2D eigenvalue weighted by molar-refractivity contribution is 6.12. The summed E-state index contributed by atoms with van der Waals surface area (Å²) in [5.41, 5.74) is 17.7. The van der Waals surface area contributed by atoms with Gasteiger partial charge in [-0.05, 0) is 98.1 Å². The second kappa shape index (κ2) is 12.8. The van der Waals surface area contributed by atoms with Crippen LogP contribution < -0.4 is 0 Å². The van der Waals surface area contributed by atoms with Gasteiger partial charge in [0.1, 0.15) is 22.3 Å². The summed E-state index contributed by atoms with van der Waals surface area (Å²) in [6, 6.07) is 71.2. The molecule has 1 spiro atoms. The number of aromatic nitrogens is 3. The van der Waals surface area contributed by atoms with Gasteiger partial charge in [-0.2, -0.15) is 0 Å². The van der Waals surface area contributed by atoms with E-state index in [-0.39, 0.29) is 0 Å². The average Bonchev–Trinajstić information content (AvgIpc) is 3.99. The highest BCUT2D eigenvalue weighted by atomic mass is 16.3. The normalized spacial score (nSPS) is 13.2. The fourth-order valence-corrected chi connectivity index (χ4v) is 10.8. The smallest absolute Gasteiger partial charge is 0.164 e. The number of hydrogen-bond donors (Lipinski definition) is 0. The molecule has 292 valence electrons. The molecule has 3 heterocycles. The third kappa shape index (κ3) is 4.73. The van der Waals surface area contributed by atoms with Gasteiger partial charge in [0.25, 0.3) is 0 Å². The van der Waals surface area contributed by atoms with Crippen LogP contribution in [0.25, 0.3) is 111 Å². The molecule has 0 saturated heterocycles. The zero-order valence-electron chi connectivity index (χ0n) is 33.7. The standard InChI is InChI=1S/C58H33N3O2/c1-2-15-37-36(14-1)38-16-3-8-22-46(38)58(47-23-9-4-17-39(37)47)48-24-10-5-18-40(48)44-32-34(28-30-49(44)58)55-59-56(35-29-31-52-45(33-35)41-19-6-11-25-50(41)62-52)61-57(60-55)43-21-13-27-53-54(43)42-20-7-12-26-51(42)63-53/h1-33H. The lowest BCUT2D eigenvalue weighted by molar-refractivity contribution is 0.668. The van der Waals surface area contributed by atoms with Crippen molar-refractivity contribution in [3.05, 3.63) is 222 Å². The van der Waals surface area contributed by atoms with Gasteiger partial charge in [0.15, 0.2) is 17.5 Å². The Morgan fingerprint density at radius 3 is 1.41 bits per heavy atom. The molecule has 0 bridgehead atoms. The zero-order valence-corrected chi connectivity index (χ0v) is 33.7. The quantitative estimate of drug-likeness (QED) is 0.178. The van der Waals surface area contributed by atoms with Crippen molar-refractivity contribution in [3.63, 3.8) is 0 Å². The molecule has 0 N–H and O–H groups in total. The highest BCUT2D eigenvalue weighted by Gasteiger charge is 2.49. The van der Waals surface area contributed by atoms with Gasteiger partial charge in [-0.25, -0.2) is 15.0 Å². The Morgan fingerprint density at radius 2 is 0.730 bits per heavy atom. The van der Waals surface area contributed by atoms with Gasteiger partial charge in [0.05, 0.1) is 5.41 Å². The van der Waals surface area contributed by atoms with Gasteiger partial charge >= 0.3 is 0 Å². The number of nitrogens with zero attached hydrogens (tertiary/aromatic N) is 3. The van der Waals surface area contributed by atoms with Crippen molar-refractivity contribution < 1.29 is 8.83 Å². The van der Waals surface area contributed by atoms with E-state index in [9.17, 15) is 0 Å². The van der Waals surface area contributed by atoms with Crippen molar-refractivity contribution >= 4 is 43.9 Å². The topological polar surface area (TPSA) is 65.0 Å². The van der Waals surface area contributed by atoms with Crippen molar-refractivity contribution in [2.24, 2.45) is 0 Å². The fraction of sp³-hybridized carbons (Fsp3) is 0.0172. The summed E-state index contributed by atoms with van der Waals surface area (Å²) in [5, 5.41) is 4.06. The highest BCUT2D eigenvalue weighted by Crippen LogP contribution is 2.61. The van der Waals surface area contributed by atoms with E-state index in [1.807, 2.05) is 60.7 Å². The third-order valence-corrected chi connectivity index (χ3v) is 13.4. The second-order valence-electron chi connectivity index (χ2n) is 16.6. The summed E-state index contributed by atoms with van der Waals surface area (Å²) in [4.78, 5) is 15.9. The minimum Gasteiger partial charge on any atom is -0.456 e. The molecular formula is C58H33N3O2. The molecule has 0 radical (unpaired) electrons. The zero-order chi connectivity index (χ0) is 41.2. The van der Waals surface area contributed by atoms with Crippen LogP contribution in [0, 0.1) is 0 Å². The molecule has 3 aromatic heterocycles. The summed E-state index contributed by atoms with van der Waals surface area (Å²) in [6.45, 7) is 0. The molecule has 0 atom stereocenters. The first-order valence-electron chi connectivity index (χ1n) is 21.3. The van der Waals surface area contributed by atoms with Gasteiger partial charge in [-0.15, -0.1) is 0 Å². The molecule has 12 aromatic rings. The predicted octanol–water partition coefficient (Wildman–Crippen LogP) is 14.7. The number of hydrogen-bond acceptors (Lipinski definition) is 5. The number of para-hydroxylation sites is 2. The molecule has 0 fully saturated rings. The van der Waals surface area contributed by atoms with E-state index in [1.54, 1.807) is 0 Å². The van der Waals surface area contributed by atoms with Crippen LogP contribution in [0.5, 0.6) is 0 Å². The lowest BCUT2D eigenvalue weighted by atomic mass is 9.66. The summed E-state index contributed by atoms with van der Waals surface area (Å²) < 4.78 is 12.6. The van der Waals surface area contributed by atoms with Crippen molar-refractivity contribution in [1.82, 2.24) is 15.0 Å². The Kier molecular flexibility index (Phi) is 6.97. The summed E-state index contributed by atoms with van der Waals surface area (Å²) in [7, 11) is 0. The van der Waals surface area contributed by atoms with Crippen LogP contribution in [0.2, 0.25) is 0 Å². The number of fused-ring (bicyclic) bond motifs is 18. The minimum atomic E-state index is -0.577. The van der Waals surface area contributed by atoms with Crippen LogP contribution in [0.3, 0.4) is 0 Å². The van der Waals surface area contributed by atoms with Crippen molar-refractivity contribution in [2.75, 3.05) is 0 Å². The molecule has 2 aliphatic rings. The van der Waals surface area contributed by atoms with Crippen LogP contribution in [0.1, 0.15) is 22.3 Å². The Hall–Kier alpha value is -8.41. The van der Waals surface area contributed by atoms with E-state index >= 15 is 0 Å². The van der Waals surface area contributed by atoms with Crippen molar-refractivity contribution in [2.45, 2.75) is 5.41 Å². The lowest BCUT2D eigenvalue weighted by Gasteiger charge is -2.35. The van der Waals surface area contributed by atoms with Crippen LogP contribution in [-0.4, -0.2) is 15.0 Å². The molecule has 5 heteroatoms. The monoisotopic (exact) mass is 803 g/mol. The van der Waals surface area contributed by atoms with E-state index in [1.165, 1.54) is 50.1 Å².